The van der Waals surface area contributed by atoms with Crippen molar-refractivity contribution >= 4 is 10.8 Å². The summed E-state index contributed by atoms with van der Waals surface area (Å²) in [5.41, 5.74) is 12.3. The molecule has 5 aromatic carbocycles. The van der Waals surface area contributed by atoms with Crippen LogP contribution >= 0.6 is 0 Å². The molecule has 0 heterocycles. The van der Waals surface area contributed by atoms with E-state index in [0.717, 1.165) is 5.92 Å². The van der Waals surface area contributed by atoms with Crippen molar-refractivity contribution in [1.82, 2.24) is 0 Å². The molecule has 0 nitrogen and oxygen atoms in total. The molecule has 2 unspecified atom stereocenters. The highest BCUT2D eigenvalue weighted by molar-refractivity contribution is 5.95. The highest BCUT2D eigenvalue weighted by Gasteiger charge is 2.69. The van der Waals surface area contributed by atoms with E-state index in [2.05, 4.69) is 109 Å². The van der Waals surface area contributed by atoms with Crippen molar-refractivity contribution in [2.75, 3.05) is 0 Å². The predicted octanol–water partition coefficient (Wildman–Crippen LogP) is 7.84. The smallest absolute Gasteiger partial charge is 0.0506 e. The highest BCUT2D eigenvalue weighted by Crippen LogP contribution is 2.77. The summed E-state index contributed by atoms with van der Waals surface area (Å²) in [6.45, 7) is 0. The second-order valence-electron chi connectivity index (χ2n) is 10.8. The van der Waals surface area contributed by atoms with E-state index in [9.17, 15) is 0 Å². The van der Waals surface area contributed by atoms with Crippen molar-refractivity contribution in [2.45, 2.75) is 23.7 Å². The minimum Gasteiger partial charge on any atom is -0.0620 e. The summed E-state index contributed by atoms with van der Waals surface area (Å²) in [6.07, 6.45) is 1.23. The van der Waals surface area contributed by atoms with Crippen LogP contribution in [0.4, 0.5) is 0 Å². The molecule has 4 aliphatic rings. The molecule has 34 heavy (non-hydrogen) atoms. The van der Waals surface area contributed by atoms with Gasteiger partial charge in [0.25, 0.3) is 0 Å². The summed E-state index contributed by atoms with van der Waals surface area (Å²) in [4.78, 5) is 0. The van der Waals surface area contributed by atoms with Crippen LogP contribution in [0.5, 0.6) is 0 Å². The zero-order valence-electron chi connectivity index (χ0n) is 18.9. The number of hydrogen-bond acceptors (Lipinski definition) is 0. The van der Waals surface area contributed by atoms with Crippen LogP contribution in [0.1, 0.15) is 45.2 Å². The van der Waals surface area contributed by atoms with Crippen LogP contribution in [0.25, 0.3) is 21.9 Å². The summed E-state index contributed by atoms with van der Waals surface area (Å²) in [5, 5.41) is 2.70. The molecular formula is C34H24. The minimum absolute atomic E-state index is 0.0597. The van der Waals surface area contributed by atoms with Gasteiger partial charge in [0.05, 0.1) is 5.41 Å². The van der Waals surface area contributed by atoms with E-state index < -0.39 is 0 Å². The van der Waals surface area contributed by atoms with E-state index in [1.54, 1.807) is 22.3 Å². The van der Waals surface area contributed by atoms with Crippen molar-refractivity contribution in [2.24, 2.45) is 11.8 Å². The molecule has 0 radical (unpaired) electrons. The third-order valence-electron chi connectivity index (χ3n) is 9.76. The fraction of sp³-hybridized carbons (Fsp3) is 0.176. The summed E-state index contributed by atoms with van der Waals surface area (Å²) in [7, 11) is 0. The Kier molecular flexibility index (Phi) is 3.08. The molecule has 0 heteroatoms. The molecule has 1 saturated carbocycles. The molecule has 0 aromatic heterocycles. The Hall–Kier alpha value is -3.64. The third kappa shape index (κ3) is 1.81. The average molecular weight is 433 g/mol. The Bertz CT molecular complexity index is 1670. The zero-order valence-corrected chi connectivity index (χ0v) is 18.9. The van der Waals surface area contributed by atoms with Crippen molar-refractivity contribution < 1.29 is 0 Å². The molecule has 160 valence electrons. The molecule has 9 rings (SSSR count). The lowest BCUT2D eigenvalue weighted by Gasteiger charge is -2.53. The Labute approximate surface area is 199 Å². The Morgan fingerprint density at radius 1 is 0.529 bits per heavy atom. The maximum absolute atomic E-state index is 2.54. The van der Waals surface area contributed by atoms with Crippen molar-refractivity contribution in [3.63, 3.8) is 0 Å². The topological polar surface area (TPSA) is 0 Å². The summed E-state index contributed by atoms with van der Waals surface area (Å²) in [6, 6.07) is 41.9. The second-order valence-corrected chi connectivity index (χ2v) is 10.8. The van der Waals surface area contributed by atoms with Gasteiger partial charge in [-0.2, -0.15) is 0 Å². The van der Waals surface area contributed by atoms with Crippen molar-refractivity contribution in [3.8, 4) is 11.1 Å². The third-order valence-corrected chi connectivity index (χ3v) is 9.76. The van der Waals surface area contributed by atoms with Crippen LogP contribution in [0.15, 0.2) is 109 Å². The lowest BCUT2D eigenvalue weighted by Crippen LogP contribution is -2.48. The van der Waals surface area contributed by atoms with E-state index in [1.165, 1.54) is 39.4 Å². The first kappa shape index (κ1) is 17.8. The van der Waals surface area contributed by atoms with Crippen molar-refractivity contribution in [3.05, 3.63) is 143 Å². The van der Waals surface area contributed by atoms with Gasteiger partial charge in [0.1, 0.15) is 0 Å². The van der Waals surface area contributed by atoms with E-state index in [0.29, 0.717) is 17.8 Å². The van der Waals surface area contributed by atoms with Crippen LogP contribution < -0.4 is 0 Å². The maximum Gasteiger partial charge on any atom is 0.0506 e. The largest absolute Gasteiger partial charge is 0.0620 e. The van der Waals surface area contributed by atoms with E-state index in [-0.39, 0.29) is 5.41 Å². The average Bonchev–Trinajstić information content (AvgIpc) is 3.44. The first-order valence-corrected chi connectivity index (χ1v) is 12.7. The summed E-state index contributed by atoms with van der Waals surface area (Å²) < 4.78 is 0. The van der Waals surface area contributed by atoms with E-state index >= 15 is 0 Å². The maximum atomic E-state index is 2.54. The van der Waals surface area contributed by atoms with Crippen LogP contribution in [0, 0.1) is 11.8 Å². The lowest BCUT2D eigenvalue weighted by molar-refractivity contribution is 0.0895. The fourth-order valence-corrected chi connectivity index (χ4v) is 8.75. The van der Waals surface area contributed by atoms with Gasteiger partial charge in [-0.15, -0.1) is 0 Å². The molecule has 1 fully saturated rings. The molecular weight excluding hydrogens is 408 g/mol. The van der Waals surface area contributed by atoms with Gasteiger partial charge in [0.2, 0.25) is 0 Å². The quantitative estimate of drug-likeness (QED) is 0.234. The van der Waals surface area contributed by atoms with Gasteiger partial charge in [-0.25, -0.2) is 0 Å². The summed E-state index contributed by atoms with van der Waals surface area (Å²) >= 11 is 0. The predicted molar refractivity (Wildman–Crippen MR) is 138 cm³/mol. The zero-order chi connectivity index (χ0) is 22.0. The van der Waals surface area contributed by atoms with Crippen LogP contribution in [0.2, 0.25) is 0 Å². The SMILES string of the molecule is c1ccc2c(c1)C[C@@H]1C2[C@H]2[C@@H]1c1ccccc1C21c2ccccc2-c2cc3ccccc3cc21. The first-order chi connectivity index (χ1) is 16.9. The summed E-state index contributed by atoms with van der Waals surface area (Å²) in [5.74, 6) is 2.60. The Morgan fingerprint density at radius 2 is 1.18 bits per heavy atom. The van der Waals surface area contributed by atoms with Crippen molar-refractivity contribution in [1.29, 1.82) is 0 Å². The van der Waals surface area contributed by atoms with E-state index in [1.807, 2.05) is 0 Å². The van der Waals surface area contributed by atoms with Crippen LogP contribution in [-0.4, -0.2) is 0 Å². The van der Waals surface area contributed by atoms with Gasteiger partial charge < -0.3 is 0 Å². The Morgan fingerprint density at radius 3 is 2.06 bits per heavy atom. The highest BCUT2D eigenvalue weighted by atomic mass is 14.7. The number of hydrogen-bond donors (Lipinski definition) is 0. The number of benzene rings is 5. The van der Waals surface area contributed by atoms with Gasteiger partial charge in [-0.1, -0.05) is 97.1 Å². The normalized spacial score (nSPS) is 28.6. The standard InChI is InChI=1S/C34H24/c1-2-10-21-19-30-26(17-20(21)9-1)24-13-5-7-15-28(24)34(30)29-16-8-6-14-25(29)32-27-18-22-11-3-4-12-23(22)31(27)33(32)34/h1-17,19,27,31-33H,18H2/t27-,31?,32-,33+,34?/m1/s1. The molecule has 0 saturated heterocycles. The molecule has 4 aliphatic carbocycles. The second kappa shape index (κ2) is 5.88. The van der Waals surface area contributed by atoms with Crippen LogP contribution in [-0.2, 0) is 11.8 Å². The first-order valence-electron chi connectivity index (χ1n) is 12.7. The number of fused-ring (bicyclic) bond motifs is 16. The van der Waals surface area contributed by atoms with Gasteiger partial charge in [0.15, 0.2) is 0 Å². The van der Waals surface area contributed by atoms with Crippen LogP contribution in [0.3, 0.4) is 0 Å². The molecule has 0 aliphatic heterocycles. The molecule has 5 atom stereocenters. The van der Waals surface area contributed by atoms with Gasteiger partial charge in [0, 0.05) is 0 Å². The minimum atomic E-state index is -0.0597. The lowest BCUT2D eigenvalue weighted by atomic mass is 9.49. The van der Waals surface area contributed by atoms with Gasteiger partial charge in [-0.05, 0) is 97.5 Å². The molecule has 0 N–H and O–H groups in total. The van der Waals surface area contributed by atoms with Gasteiger partial charge in [-0.3, -0.25) is 0 Å². The molecule has 0 bridgehead atoms. The van der Waals surface area contributed by atoms with Gasteiger partial charge >= 0.3 is 0 Å². The monoisotopic (exact) mass is 432 g/mol. The van der Waals surface area contributed by atoms with E-state index in [4.69, 9.17) is 0 Å². The fourth-order valence-electron chi connectivity index (χ4n) is 8.75. The molecule has 5 aromatic rings. The molecule has 0 amide bonds. The molecule has 1 spiro atoms. The Balaban J connectivity index is 1.42. The number of rotatable bonds is 0.